The molecule has 3 aromatic rings. The van der Waals surface area contributed by atoms with Gasteiger partial charge in [0.25, 0.3) is 11.8 Å². The SMILES string of the molecule is Cc1ccc(NC(=O)c2nc(C(=O)N3CCCC(C)C3)c3ccccn23)c(C)c1. The van der Waals surface area contributed by atoms with Gasteiger partial charge in [-0.2, -0.15) is 0 Å². The molecule has 29 heavy (non-hydrogen) atoms. The summed E-state index contributed by atoms with van der Waals surface area (Å²) in [6, 6.07) is 11.4. The third-order valence-electron chi connectivity index (χ3n) is 5.53. The summed E-state index contributed by atoms with van der Waals surface area (Å²) in [7, 11) is 0. The number of nitrogens with one attached hydrogen (secondary N) is 1. The Kier molecular flexibility index (Phi) is 5.09. The second-order valence-electron chi connectivity index (χ2n) is 8.01. The van der Waals surface area contributed by atoms with Crippen LogP contribution in [0.15, 0.2) is 42.6 Å². The van der Waals surface area contributed by atoms with Crippen LogP contribution in [0.2, 0.25) is 0 Å². The number of nitrogens with zero attached hydrogens (tertiary/aromatic N) is 3. The highest BCUT2D eigenvalue weighted by Crippen LogP contribution is 2.22. The number of anilines is 1. The van der Waals surface area contributed by atoms with Gasteiger partial charge in [0, 0.05) is 25.0 Å². The van der Waals surface area contributed by atoms with Gasteiger partial charge in [-0.05, 0) is 56.4 Å². The lowest BCUT2D eigenvalue weighted by Gasteiger charge is -2.30. The van der Waals surface area contributed by atoms with Gasteiger partial charge in [0.15, 0.2) is 5.69 Å². The number of pyridine rings is 1. The number of hydrogen-bond acceptors (Lipinski definition) is 3. The van der Waals surface area contributed by atoms with Gasteiger partial charge in [-0.1, -0.05) is 30.7 Å². The first-order chi connectivity index (χ1) is 13.9. The maximum absolute atomic E-state index is 13.2. The van der Waals surface area contributed by atoms with Gasteiger partial charge in [0.2, 0.25) is 5.82 Å². The second kappa shape index (κ2) is 7.70. The maximum atomic E-state index is 13.2. The molecule has 1 aromatic carbocycles. The molecule has 0 aliphatic carbocycles. The number of fused-ring (bicyclic) bond motifs is 1. The molecule has 1 saturated heterocycles. The predicted octanol–water partition coefficient (Wildman–Crippen LogP) is 4.08. The van der Waals surface area contributed by atoms with Crippen molar-refractivity contribution in [2.24, 2.45) is 5.92 Å². The number of rotatable bonds is 3. The minimum atomic E-state index is -0.329. The highest BCUT2D eigenvalue weighted by Gasteiger charge is 2.27. The molecule has 1 N–H and O–H groups in total. The van der Waals surface area contributed by atoms with Crippen molar-refractivity contribution in [3.05, 3.63) is 65.2 Å². The molecule has 1 fully saturated rings. The maximum Gasteiger partial charge on any atom is 0.292 e. The minimum absolute atomic E-state index is 0.106. The van der Waals surface area contributed by atoms with Crippen LogP contribution in [0.4, 0.5) is 5.69 Å². The van der Waals surface area contributed by atoms with E-state index < -0.39 is 0 Å². The summed E-state index contributed by atoms with van der Waals surface area (Å²) in [6.45, 7) is 7.60. The van der Waals surface area contributed by atoms with Crippen LogP contribution in [0.1, 0.15) is 52.0 Å². The van der Waals surface area contributed by atoms with E-state index in [2.05, 4.69) is 17.2 Å². The number of imidazole rings is 1. The second-order valence-corrected chi connectivity index (χ2v) is 8.01. The van der Waals surface area contributed by atoms with Gasteiger partial charge in [0.05, 0.1) is 5.52 Å². The first-order valence-corrected chi connectivity index (χ1v) is 10.1. The minimum Gasteiger partial charge on any atom is -0.337 e. The van der Waals surface area contributed by atoms with Crippen molar-refractivity contribution >= 4 is 23.0 Å². The lowest BCUT2D eigenvalue weighted by molar-refractivity contribution is 0.0679. The van der Waals surface area contributed by atoms with Gasteiger partial charge in [0.1, 0.15) is 0 Å². The Hall–Kier alpha value is -3.15. The molecule has 0 bridgehead atoms. The normalized spacial score (nSPS) is 16.8. The lowest BCUT2D eigenvalue weighted by atomic mass is 10.00. The van der Waals surface area contributed by atoms with Gasteiger partial charge in [-0.15, -0.1) is 0 Å². The van der Waals surface area contributed by atoms with Crippen LogP contribution >= 0.6 is 0 Å². The average Bonchev–Trinajstić information content (AvgIpc) is 3.09. The number of carbonyl (C=O) groups is 2. The molecule has 3 heterocycles. The quantitative estimate of drug-likeness (QED) is 0.733. The van der Waals surface area contributed by atoms with Gasteiger partial charge >= 0.3 is 0 Å². The van der Waals surface area contributed by atoms with Crippen LogP contribution in [0, 0.1) is 19.8 Å². The molecule has 0 radical (unpaired) electrons. The highest BCUT2D eigenvalue weighted by molar-refractivity contribution is 6.06. The summed E-state index contributed by atoms with van der Waals surface area (Å²) in [5.41, 5.74) is 3.85. The zero-order valence-corrected chi connectivity index (χ0v) is 17.1. The number of aryl methyl sites for hydroxylation is 2. The summed E-state index contributed by atoms with van der Waals surface area (Å²) < 4.78 is 1.69. The summed E-state index contributed by atoms with van der Waals surface area (Å²) in [6.07, 6.45) is 3.91. The molecule has 1 atom stereocenters. The molecule has 6 nitrogen and oxygen atoms in total. The van der Waals surface area contributed by atoms with E-state index in [0.717, 1.165) is 42.7 Å². The fraction of sp³-hybridized carbons (Fsp3) is 0.348. The molecule has 1 aliphatic rings. The van der Waals surface area contributed by atoms with Crippen LogP contribution < -0.4 is 5.32 Å². The van der Waals surface area contributed by atoms with E-state index in [1.165, 1.54) is 0 Å². The molecule has 0 spiro atoms. The van der Waals surface area contributed by atoms with E-state index >= 15 is 0 Å². The fourth-order valence-electron chi connectivity index (χ4n) is 4.01. The van der Waals surface area contributed by atoms with Crippen molar-refractivity contribution in [3.63, 3.8) is 0 Å². The number of likely N-dealkylation sites (tertiary alicyclic amines) is 1. The lowest BCUT2D eigenvalue weighted by Crippen LogP contribution is -2.39. The van der Waals surface area contributed by atoms with E-state index in [9.17, 15) is 9.59 Å². The molecule has 2 aromatic heterocycles. The molecular formula is C23H26N4O2. The Morgan fingerprint density at radius 3 is 2.76 bits per heavy atom. The largest absolute Gasteiger partial charge is 0.337 e. The van der Waals surface area contributed by atoms with E-state index in [0.29, 0.717) is 17.1 Å². The van der Waals surface area contributed by atoms with Crippen LogP contribution in [0.25, 0.3) is 5.52 Å². The van der Waals surface area contributed by atoms with E-state index in [-0.39, 0.29) is 17.6 Å². The van der Waals surface area contributed by atoms with E-state index in [1.54, 1.807) is 10.6 Å². The van der Waals surface area contributed by atoms with Gasteiger partial charge in [-0.25, -0.2) is 4.98 Å². The van der Waals surface area contributed by atoms with Gasteiger partial charge < -0.3 is 10.2 Å². The summed E-state index contributed by atoms with van der Waals surface area (Å²) in [5.74, 6) is 0.262. The average molecular weight is 390 g/mol. The van der Waals surface area contributed by atoms with Crippen molar-refractivity contribution in [1.82, 2.24) is 14.3 Å². The van der Waals surface area contributed by atoms with Crippen molar-refractivity contribution in [1.29, 1.82) is 0 Å². The molecule has 1 unspecified atom stereocenters. The Bertz CT molecular complexity index is 1090. The van der Waals surface area contributed by atoms with Crippen LogP contribution in [-0.2, 0) is 0 Å². The molecule has 0 saturated carbocycles. The summed E-state index contributed by atoms with van der Waals surface area (Å²) >= 11 is 0. The summed E-state index contributed by atoms with van der Waals surface area (Å²) in [5, 5.41) is 2.94. The molecule has 6 heteroatoms. The Labute approximate surface area is 170 Å². The first kappa shape index (κ1) is 19.2. The molecule has 150 valence electrons. The van der Waals surface area contributed by atoms with Gasteiger partial charge in [-0.3, -0.25) is 14.0 Å². The molecule has 2 amide bonds. The smallest absolute Gasteiger partial charge is 0.292 e. The number of carbonyl (C=O) groups excluding carboxylic acids is 2. The van der Waals surface area contributed by atoms with Crippen molar-refractivity contribution < 1.29 is 9.59 Å². The number of aromatic nitrogens is 2. The first-order valence-electron chi connectivity index (χ1n) is 10.1. The monoisotopic (exact) mass is 390 g/mol. The Morgan fingerprint density at radius 1 is 1.17 bits per heavy atom. The Morgan fingerprint density at radius 2 is 2.00 bits per heavy atom. The standard InChI is InChI=1S/C23H26N4O2/c1-15-9-10-18(17(3)13-15)24-22(28)21-25-20(19-8-4-5-12-27(19)21)23(29)26-11-6-7-16(2)14-26/h4-5,8-10,12-13,16H,6-7,11,14H2,1-3H3,(H,24,28). The van der Waals surface area contributed by atoms with Crippen LogP contribution in [0.5, 0.6) is 0 Å². The van der Waals surface area contributed by atoms with E-state index in [1.807, 2.05) is 55.1 Å². The number of piperidine rings is 1. The van der Waals surface area contributed by atoms with Crippen molar-refractivity contribution in [3.8, 4) is 0 Å². The third-order valence-corrected chi connectivity index (χ3v) is 5.53. The van der Waals surface area contributed by atoms with Crippen molar-refractivity contribution in [2.45, 2.75) is 33.6 Å². The number of hydrogen-bond donors (Lipinski definition) is 1. The number of benzene rings is 1. The fourth-order valence-corrected chi connectivity index (χ4v) is 4.01. The molecular weight excluding hydrogens is 364 g/mol. The summed E-state index contributed by atoms with van der Waals surface area (Å²) in [4.78, 5) is 32.5. The number of amides is 2. The molecule has 4 rings (SSSR count). The van der Waals surface area contributed by atoms with Crippen molar-refractivity contribution in [2.75, 3.05) is 18.4 Å². The van der Waals surface area contributed by atoms with Crippen LogP contribution in [-0.4, -0.2) is 39.2 Å². The predicted molar refractivity (Wildman–Crippen MR) is 113 cm³/mol. The zero-order chi connectivity index (χ0) is 20.5. The topological polar surface area (TPSA) is 66.7 Å². The highest BCUT2D eigenvalue weighted by atomic mass is 16.2. The third kappa shape index (κ3) is 3.75. The van der Waals surface area contributed by atoms with E-state index in [4.69, 9.17) is 0 Å². The zero-order valence-electron chi connectivity index (χ0n) is 17.1. The van der Waals surface area contributed by atoms with Crippen LogP contribution in [0.3, 0.4) is 0 Å². The molecule has 1 aliphatic heterocycles. The Balaban J connectivity index is 1.68.